The Morgan fingerprint density at radius 2 is 1.50 bits per heavy atom. The Balaban J connectivity index is 2.30. The highest BCUT2D eigenvalue weighted by Crippen LogP contribution is 2.33. The normalized spacial score (nSPS) is 13.7. The third-order valence-corrected chi connectivity index (χ3v) is 7.94. The van der Waals surface area contributed by atoms with Crippen molar-refractivity contribution >= 4 is 21.4 Å². The van der Waals surface area contributed by atoms with E-state index in [1.807, 2.05) is 0 Å². The van der Waals surface area contributed by atoms with Crippen LogP contribution in [0.15, 0.2) is 18.2 Å². The SMILES string of the molecule is CCCCCCS(=O)(=O)CCCCCCCCC[C@](C)(O)C(=O)Nc1ccc(C#N)c(C(F)(F)F)c1. The van der Waals surface area contributed by atoms with Gasteiger partial charge in [-0.1, -0.05) is 64.7 Å². The summed E-state index contributed by atoms with van der Waals surface area (Å²) in [6, 6.07) is 4.34. The zero-order valence-electron chi connectivity index (χ0n) is 21.3. The van der Waals surface area contributed by atoms with Crippen LogP contribution in [0.5, 0.6) is 0 Å². The number of halogens is 3. The van der Waals surface area contributed by atoms with Crippen LogP contribution in [0.25, 0.3) is 0 Å². The summed E-state index contributed by atoms with van der Waals surface area (Å²) >= 11 is 0. The molecule has 36 heavy (non-hydrogen) atoms. The monoisotopic (exact) mass is 532 g/mol. The summed E-state index contributed by atoms with van der Waals surface area (Å²) in [7, 11) is -2.96. The lowest BCUT2D eigenvalue weighted by atomic mass is 9.96. The molecule has 0 fully saturated rings. The van der Waals surface area contributed by atoms with E-state index in [4.69, 9.17) is 5.26 Å². The first kappa shape index (κ1) is 31.9. The number of carbonyl (C=O) groups excluding carboxylic acids is 1. The number of hydrogen-bond acceptors (Lipinski definition) is 5. The number of anilines is 1. The molecule has 6 nitrogen and oxygen atoms in total. The number of nitrogens with zero attached hydrogens (tertiary/aromatic N) is 1. The van der Waals surface area contributed by atoms with Gasteiger partial charge in [-0.3, -0.25) is 4.79 Å². The molecule has 0 spiro atoms. The summed E-state index contributed by atoms with van der Waals surface area (Å²) < 4.78 is 63.3. The van der Waals surface area contributed by atoms with Crippen molar-refractivity contribution in [1.82, 2.24) is 0 Å². The van der Waals surface area contributed by atoms with Crippen molar-refractivity contribution in [3.8, 4) is 6.07 Å². The number of nitrogens with one attached hydrogen (secondary N) is 1. The predicted octanol–water partition coefficient (Wildman–Crippen LogP) is 6.38. The second kappa shape index (κ2) is 15.2. The minimum absolute atomic E-state index is 0.144. The molecule has 1 aromatic carbocycles. The Labute approximate surface area is 213 Å². The number of alkyl halides is 3. The van der Waals surface area contributed by atoms with Crippen molar-refractivity contribution in [1.29, 1.82) is 5.26 Å². The quantitative estimate of drug-likeness (QED) is 0.226. The van der Waals surface area contributed by atoms with Gasteiger partial charge in [-0.2, -0.15) is 18.4 Å². The zero-order chi connectivity index (χ0) is 27.2. The lowest BCUT2D eigenvalue weighted by Gasteiger charge is -2.22. The molecule has 204 valence electrons. The largest absolute Gasteiger partial charge is 0.417 e. The number of carbonyl (C=O) groups is 1. The maximum Gasteiger partial charge on any atom is 0.417 e. The van der Waals surface area contributed by atoms with E-state index in [1.54, 1.807) is 0 Å². The van der Waals surface area contributed by atoms with E-state index in [9.17, 15) is 31.5 Å². The molecular weight excluding hydrogens is 493 g/mol. The van der Waals surface area contributed by atoms with E-state index in [2.05, 4.69) is 12.2 Å². The van der Waals surface area contributed by atoms with Crippen molar-refractivity contribution in [2.75, 3.05) is 16.8 Å². The Bertz CT molecular complexity index is 970. The van der Waals surface area contributed by atoms with Gasteiger partial charge in [0, 0.05) is 5.69 Å². The third-order valence-electron chi connectivity index (χ3n) is 6.12. The first-order valence-electron chi connectivity index (χ1n) is 12.7. The number of rotatable bonds is 17. The maximum atomic E-state index is 13.1. The van der Waals surface area contributed by atoms with E-state index < -0.39 is 38.6 Å². The third kappa shape index (κ3) is 12.2. The molecule has 0 radical (unpaired) electrons. The lowest BCUT2D eigenvalue weighted by Crippen LogP contribution is -2.40. The summed E-state index contributed by atoms with van der Waals surface area (Å²) in [5, 5.41) is 21.6. The van der Waals surface area contributed by atoms with Crippen LogP contribution in [-0.2, 0) is 20.8 Å². The van der Waals surface area contributed by atoms with Crippen molar-refractivity contribution in [2.45, 2.75) is 103 Å². The van der Waals surface area contributed by atoms with E-state index >= 15 is 0 Å². The fraction of sp³-hybridized carbons (Fsp3) is 0.692. The summed E-state index contributed by atoms with van der Waals surface area (Å²) in [6.45, 7) is 3.41. The first-order valence-corrected chi connectivity index (χ1v) is 14.5. The molecule has 0 aliphatic rings. The first-order chi connectivity index (χ1) is 16.8. The number of benzene rings is 1. The topological polar surface area (TPSA) is 107 Å². The number of aliphatic hydroxyl groups is 1. The van der Waals surface area contributed by atoms with Crippen molar-refractivity contribution in [3.63, 3.8) is 0 Å². The molecule has 0 saturated carbocycles. The molecule has 1 amide bonds. The van der Waals surface area contributed by atoms with Crippen molar-refractivity contribution in [3.05, 3.63) is 29.3 Å². The number of nitriles is 1. The van der Waals surface area contributed by atoms with Crippen LogP contribution in [0.1, 0.15) is 102 Å². The van der Waals surface area contributed by atoms with Crippen LogP contribution < -0.4 is 5.32 Å². The van der Waals surface area contributed by atoms with Crippen LogP contribution in [0, 0.1) is 11.3 Å². The molecule has 10 heteroatoms. The van der Waals surface area contributed by atoms with E-state index in [1.165, 1.54) is 19.1 Å². The van der Waals surface area contributed by atoms with E-state index in [0.717, 1.165) is 63.9 Å². The van der Waals surface area contributed by atoms with Gasteiger partial charge in [-0.15, -0.1) is 0 Å². The van der Waals surface area contributed by atoms with Gasteiger partial charge in [0.25, 0.3) is 5.91 Å². The fourth-order valence-corrected chi connectivity index (χ4v) is 5.35. The summed E-state index contributed by atoms with van der Waals surface area (Å²) in [6.07, 6.45) is 4.82. The number of unbranched alkanes of at least 4 members (excludes halogenated alkanes) is 9. The molecule has 1 atom stereocenters. The second-order valence-corrected chi connectivity index (χ2v) is 11.8. The summed E-state index contributed by atoms with van der Waals surface area (Å²) in [5.41, 5.74) is -3.59. The van der Waals surface area contributed by atoms with Crippen molar-refractivity contribution in [2.24, 2.45) is 0 Å². The Kier molecular flexibility index (Phi) is 13.5. The summed E-state index contributed by atoms with van der Waals surface area (Å²) in [5.74, 6) is -0.299. The van der Waals surface area contributed by atoms with Gasteiger partial charge in [-0.05, 0) is 44.4 Å². The van der Waals surface area contributed by atoms with Gasteiger partial charge in [-0.25, -0.2) is 8.42 Å². The fourth-order valence-electron chi connectivity index (χ4n) is 3.86. The molecular formula is C26H39F3N2O4S. The number of amides is 1. The second-order valence-electron chi connectivity index (χ2n) is 9.54. The van der Waals surface area contributed by atoms with Gasteiger partial charge < -0.3 is 10.4 Å². The smallest absolute Gasteiger partial charge is 0.380 e. The highest BCUT2D eigenvalue weighted by Gasteiger charge is 2.35. The van der Waals surface area contributed by atoms with Gasteiger partial charge in [0.2, 0.25) is 0 Å². The lowest BCUT2D eigenvalue weighted by molar-refractivity contribution is -0.138. The molecule has 0 aromatic heterocycles. The van der Waals surface area contributed by atoms with Crippen LogP contribution in [-0.4, -0.2) is 36.5 Å². The Morgan fingerprint density at radius 3 is 2.03 bits per heavy atom. The van der Waals surface area contributed by atoms with E-state index in [0.29, 0.717) is 18.9 Å². The average Bonchev–Trinajstić information content (AvgIpc) is 2.80. The molecule has 0 unspecified atom stereocenters. The molecule has 0 saturated heterocycles. The minimum Gasteiger partial charge on any atom is -0.380 e. The maximum absolute atomic E-state index is 13.1. The predicted molar refractivity (Wildman–Crippen MR) is 135 cm³/mol. The van der Waals surface area contributed by atoms with Crippen LogP contribution >= 0.6 is 0 Å². The highest BCUT2D eigenvalue weighted by molar-refractivity contribution is 7.91. The molecule has 1 rings (SSSR count). The minimum atomic E-state index is -4.74. The molecule has 2 N–H and O–H groups in total. The Morgan fingerprint density at radius 1 is 0.972 bits per heavy atom. The molecule has 0 heterocycles. The zero-order valence-corrected chi connectivity index (χ0v) is 22.1. The Hall–Kier alpha value is -2.12. The molecule has 0 aliphatic heterocycles. The van der Waals surface area contributed by atoms with Crippen molar-refractivity contribution < 1.29 is 31.5 Å². The van der Waals surface area contributed by atoms with Gasteiger partial charge in [0.1, 0.15) is 15.4 Å². The molecule has 0 bridgehead atoms. The standard InChI is InChI=1S/C26H39F3N2O4S/c1-3-4-5-12-17-36(34,35)18-13-10-8-6-7-9-11-16-25(2,33)24(32)31-22-15-14-21(20-30)23(19-22)26(27,28)29/h14-15,19,33H,3-13,16-18H2,1-2H3,(H,31,32)/t25-/m0/s1. The average molecular weight is 533 g/mol. The van der Waals surface area contributed by atoms with E-state index in [-0.39, 0.29) is 23.6 Å². The molecule has 1 aromatic rings. The molecule has 0 aliphatic carbocycles. The van der Waals surface area contributed by atoms with Gasteiger partial charge >= 0.3 is 6.18 Å². The van der Waals surface area contributed by atoms with Gasteiger partial charge in [0.15, 0.2) is 0 Å². The van der Waals surface area contributed by atoms with Crippen LogP contribution in [0.3, 0.4) is 0 Å². The van der Waals surface area contributed by atoms with Crippen LogP contribution in [0.2, 0.25) is 0 Å². The number of sulfone groups is 1. The highest BCUT2D eigenvalue weighted by atomic mass is 32.2. The van der Waals surface area contributed by atoms with Crippen LogP contribution in [0.4, 0.5) is 18.9 Å². The van der Waals surface area contributed by atoms with Gasteiger partial charge in [0.05, 0.1) is 28.7 Å². The number of hydrogen-bond donors (Lipinski definition) is 2. The summed E-state index contributed by atoms with van der Waals surface area (Å²) in [4.78, 5) is 12.4.